The second-order valence-corrected chi connectivity index (χ2v) is 9.97. The maximum atomic E-state index is 12.7. The van der Waals surface area contributed by atoms with Gasteiger partial charge in [0.25, 0.3) is 0 Å². The zero-order valence-corrected chi connectivity index (χ0v) is 20.6. The van der Waals surface area contributed by atoms with E-state index in [9.17, 15) is 14.4 Å². The molecular formula is C23H39N7O5. The van der Waals surface area contributed by atoms with E-state index in [0.29, 0.717) is 23.8 Å². The SMILES string of the molecule is C.CN(CC(N)=O)C(=O)OCc1cccc2nnc([C@@H](COCC(C)(C)C)NC(=O)C(C)(C)N)n12. The maximum absolute atomic E-state index is 12.7. The summed E-state index contributed by atoms with van der Waals surface area (Å²) < 4.78 is 12.9. The number of aromatic nitrogens is 3. The third-order valence-electron chi connectivity index (χ3n) is 4.60. The molecule has 0 fully saturated rings. The van der Waals surface area contributed by atoms with Crippen molar-refractivity contribution in [2.45, 2.75) is 60.2 Å². The summed E-state index contributed by atoms with van der Waals surface area (Å²) in [5.74, 6) is -0.636. The number of hydrogen-bond donors (Lipinski definition) is 3. The fourth-order valence-electron chi connectivity index (χ4n) is 2.92. The van der Waals surface area contributed by atoms with Crippen LogP contribution in [0.2, 0.25) is 0 Å². The summed E-state index contributed by atoms with van der Waals surface area (Å²) in [6.45, 7) is 9.52. The lowest BCUT2D eigenvalue weighted by Gasteiger charge is -2.25. The highest BCUT2D eigenvalue weighted by Crippen LogP contribution is 2.20. The Kier molecular flexibility index (Phi) is 10.2. The van der Waals surface area contributed by atoms with Crippen LogP contribution in [0.15, 0.2) is 18.2 Å². The molecule has 2 aromatic rings. The van der Waals surface area contributed by atoms with Crippen LogP contribution in [0.1, 0.15) is 59.6 Å². The summed E-state index contributed by atoms with van der Waals surface area (Å²) in [5, 5.41) is 11.4. The Balaban J connectivity index is 0.00000612. The van der Waals surface area contributed by atoms with Gasteiger partial charge in [0.05, 0.1) is 24.4 Å². The number of carbonyl (C=O) groups excluding carboxylic acids is 3. The number of hydrogen-bond acceptors (Lipinski definition) is 8. The zero-order chi connectivity index (χ0) is 25.7. The minimum atomic E-state index is -1.12. The summed E-state index contributed by atoms with van der Waals surface area (Å²) >= 11 is 0. The lowest BCUT2D eigenvalue weighted by atomic mass is 9.99. The number of carbonyl (C=O) groups is 3. The van der Waals surface area contributed by atoms with Crippen LogP contribution in [-0.4, -0.2) is 69.8 Å². The summed E-state index contributed by atoms with van der Waals surface area (Å²) in [6, 6.07) is 4.56. The summed E-state index contributed by atoms with van der Waals surface area (Å²) in [5.41, 5.74) is 11.0. The average Bonchev–Trinajstić information content (AvgIpc) is 3.13. The lowest BCUT2D eigenvalue weighted by Crippen LogP contribution is -2.51. The number of nitrogens with two attached hydrogens (primary N) is 2. The predicted octanol–water partition coefficient (Wildman–Crippen LogP) is 1.38. The first-order valence-corrected chi connectivity index (χ1v) is 10.9. The van der Waals surface area contributed by atoms with E-state index in [2.05, 4.69) is 15.5 Å². The molecule has 1 atom stereocenters. The van der Waals surface area contributed by atoms with Crippen LogP contribution >= 0.6 is 0 Å². The maximum Gasteiger partial charge on any atom is 0.410 e. The largest absolute Gasteiger partial charge is 0.443 e. The second kappa shape index (κ2) is 11.9. The Hall–Kier alpha value is -3.25. The molecular weight excluding hydrogens is 454 g/mol. The first-order valence-electron chi connectivity index (χ1n) is 10.9. The Bertz CT molecular complexity index is 1020. The van der Waals surface area contributed by atoms with E-state index in [1.54, 1.807) is 36.4 Å². The molecule has 2 rings (SSSR count). The van der Waals surface area contributed by atoms with Crippen LogP contribution in [0.3, 0.4) is 0 Å². The summed E-state index contributed by atoms with van der Waals surface area (Å²) in [7, 11) is 1.41. The molecule has 0 aliphatic rings. The second-order valence-electron chi connectivity index (χ2n) is 9.97. The van der Waals surface area contributed by atoms with Gasteiger partial charge in [0.2, 0.25) is 11.8 Å². The molecule has 3 amide bonds. The Morgan fingerprint density at radius 2 is 1.83 bits per heavy atom. The number of primary amides is 1. The Morgan fingerprint density at radius 1 is 1.17 bits per heavy atom. The number of ether oxygens (including phenoxy) is 2. The van der Waals surface area contributed by atoms with Gasteiger partial charge < -0.3 is 31.2 Å². The number of likely N-dealkylation sites (N-methyl/N-ethyl adjacent to an activating group) is 1. The zero-order valence-electron chi connectivity index (χ0n) is 20.6. The Morgan fingerprint density at radius 3 is 2.40 bits per heavy atom. The van der Waals surface area contributed by atoms with Crippen molar-refractivity contribution in [2.24, 2.45) is 16.9 Å². The van der Waals surface area contributed by atoms with Crippen molar-refractivity contribution in [3.8, 4) is 0 Å². The molecule has 12 heteroatoms. The van der Waals surface area contributed by atoms with Gasteiger partial charge in [0, 0.05) is 7.05 Å². The van der Waals surface area contributed by atoms with Gasteiger partial charge in [0.15, 0.2) is 11.5 Å². The van der Waals surface area contributed by atoms with Gasteiger partial charge in [-0.15, -0.1) is 10.2 Å². The van der Waals surface area contributed by atoms with Crippen LogP contribution in [0.25, 0.3) is 5.65 Å². The number of amides is 3. The molecule has 5 N–H and O–H groups in total. The molecule has 0 aromatic carbocycles. The fourth-order valence-corrected chi connectivity index (χ4v) is 2.92. The number of nitrogens with zero attached hydrogens (tertiary/aromatic N) is 4. The van der Waals surface area contributed by atoms with Gasteiger partial charge in [-0.3, -0.25) is 14.0 Å². The standard InChI is InChI=1S/C22H35N7O5.CH4/c1-21(2,3)13-33-12-15(25-19(31)22(4,5)24)18-27-26-17-9-7-8-14(29(17)18)11-34-20(32)28(6)10-16(23)30;/h7-9,15H,10-13,24H2,1-6H3,(H2,23,30)(H,25,31);1H4/t15-;/m1./s1. The van der Waals surface area contributed by atoms with E-state index in [4.69, 9.17) is 20.9 Å². The molecule has 0 unspecified atom stereocenters. The van der Waals surface area contributed by atoms with Crippen molar-refractivity contribution in [3.63, 3.8) is 0 Å². The average molecular weight is 494 g/mol. The number of rotatable bonds is 10. The molecule has 2 aromatic heterocycles. The third-order valence-corrected chi connectivity index (χ3v) is 4.60. The Labute approximate surface area is 206 Å². The lowest BCUT2D eigenvalue weighted by molar-refractivity contribution is -0.126. The van der Waals surface area contributed by atoms with Crippen molar-refractivity contribution in [1.29, 1.82) is 0 Å². The van der Waals surface area contributed by atoms with E-state index >= 15 is 0 Å². The quantitative estimate of drug-likeness (QED) is 0.446. The summed E-state index contributed by atoms with van der Waals surface area (Å²) in [4.78, 5) is 37.0. The van der Waals surface area contributed by atoms with Crippen molar-refractivity contribution < 1.29 is 23.9 Å². The number of pyridine rings is 1. The van der Waals surface area contributed by atoms with Gasteiger partial charge in [-0.25, -0.2) is 4.79 Å². The molecule has 12 nitrogen and oxygen atoms in total. The van der Waals surface area contributed by atoms with Crippen LogP contribution < -0.4 is 16.8 Å². The third kappa shape index (κ3) is 8.80. The van der Waals surface area contributed by atoms with Crippen LogP contribution in [-0.2, 0) is 25.7 Å². The molecule has 0 aliphatic heterocycles. The monoisotopic (exact) mass is 493 g/mol. The van der Waals surface area contributed by atoms with Gasteiger partial charge in [-0.2, -0.15) is 0 Å². The van der Waals surface area contributed by atoms with Crippen molar-refractivity contribution in [1.82, 2.24) is 24.8 Å². The fraction of sp³-hybridized carbons (Fsp3) is 0.609. The minimum absolute atomic E-state index is 0. The van der Waals surface area contributed by atoms with Crippen molar-refractivity contribution in [2.75, 3.05) is 26.8 Å². The van der Waals surface area contributed by atoms with Gasteiger partial charge >= 0.3 is 6.09 Å². The van der Waals surface area contributed by atoms with Crippen molar-refractivity contribution >= 4 is 23.6 Å². The van der Waals surface area contributed by atoms with E-state index < -0.39 is 23.6 Å². The van der Waals surface area contributed by atoms with Crippen molar-refractivity contribution in [3.05, 3.63) is 29.7 Å². The first kappa shape index (κ1) is 29.8. The minimum Gasteiger partial charge on any atom is -0.443 e. The van der Waals surface area contributed by atoms with E-state index in [-0.39, 0.29) is 38.5 Å². The molecule has 0 bridgehead atoms. The first-order chi connectivity index (χ1) is 15.7. The molecule has 35 heavy (non-hydrogen) atoms. The highest BCUT2D eigenvalue weighted by atomic mass is 16.6. The van der Waals surface area contributed by atoms with Crippen LogP contribution in [0.4, 0.5) is 4.79 Å². The highest BCUT2D eigenvalue weighted by molar-refractivity contribution is 5.85. The van der Waals surface area contributed by atoms with E-state index in [1.165, 1.54) is 7.05 Å². The van der Waals surface area contributed by atoms with E-state index in [0.717, 1.165) is 4.90 Å². The number of fused-ring (bicyclic) bond motifs is 1. The normalized spacial score (nSPS) is 12.5. The van der Waals surface area contributed by atoms with E-state index in [1.807, 2.05) is 20.8 Å². The van der Waals surface area contributed by atoms with Gasteiger partial charge in [-0.05, 0) is 31.4 Å². The molecule has 0 radical (unpaired) electrons. The molecule has 196 valence electrons. The molecule has 0 spiro atoms. The summed E-state index contributed by atoms with van der Waals surface area (Å²) in [6.07, 6.45) is -0.714. The van der Waals surface area contributed by atoms with Crippen LogP contribution in [0.5, 0.6) is 0 Å². The van der Waals surface area contributed by atoms with Crippen LogP contribution in [0, 0.1) is 5.41 Å². The highest BCUT2D eigenvalue weighted by Gasteiger charge is 2.29. The molecule has 2 heterocycles. The number of nitrogens with one attached hydrogen (secondary N) is 1. The molecule has 0 aliphatic carbocycles. The van der Waals surface area contributed by atoms with Gasteiger partial charge in [0.1, 0.15) is 19.2 Å². The predicted molar refractivity (Wildman–Crippen MR) is 131 cm³/mol. The van der Waals surface area contributed by atoms with Gasteiger partial charge in [-0.1, -0.05) is 34.3 Å². The topological polar surface area (TPSA) is 167 Å². The smallest absolute Gasteiger partial charge is 0.410 e. The molecule has 0 saturated carbocycles. The molecule has 0 saturated heterocycles.